The first-order valence-corrected chi connectivity index (χ1v) is 8.05. The van der Waals surface area contributed by atoms with Gasteiger partial charge in [0.05, 0.1) is 12.4 Å². The first-order chi connectivity index (χ1) is 10.0. The van der Waals surface area contributed by atoms with Crippen molar-refractivity contribution < 1.29 is 4.74 Å². The van der Waals surface area contributed by atoms with Crippen molar-refractivity contribution in [2.45, 2.75) is 39.8 Å². The Bertz CT molecular complexity index is 595. The third-order valence-electron chi connectivity index (χ3n) is 3.29. The molecule has 0 aliphatic carbocycles. The molecule has 114 valence electrons. The fourth-order valence-corrected chi connectivity index (χ4v) is 2.49. The Morgan fingerprint density at radius 3 is 2.71 bits per heavy atom. The molecule has 2 aromatic rings. The molecule has 0 saturated carbocycles. The highest BCUT2D eigenvalue weighted by Crippen LogP contribution is 2.32. The lowest BCUT2D eigenvalue weighted by molar-refractivity contribution is 0.459. The highest BCUT2D eigenvalue weighted by Gasteiger charge is 2.13. The van der Waals surface area contributed by atoms with Crippen LogP contribution in [0.25, 0.3) is 0 Å². The SMILES string of the molecule is CCNC(C)c1ccc(Br)cc1Oc1cnn(C(C)C)c1. The van der Waals surface area contributed by atoms with Gasteiger partial charge in [-0.05, 0) is 39.4 Å². The minimum absolute atomic E-state index is 0.234. The van der Waals surface area contributed by atoms with Gasteiger partial charge >= 0.3 is 0 Å². The molecule has 0 spiro atoms. The van der Waals surface area contributed by atoms with Crippen LogP contribution in [-0.4, -0.2) is 16.3 Å². The van der Waals surface area contributed by atoms with Crippen LogP contribution in [0.3, 0.4) is 0 Å². The summed E-state index contributed by atoms with van der Waals surface area (Å²) in [6.07, 6.45) is 3.68. The monoisotopic (exact) mass is 351 g/mol. The standard InChI is InChI=1S/C16H22BrN3O/c1-5-18-12(4)15-7-6-13(17)8-16(15)21-14-9-19-20(10-14)11(2)3/h6-12,18H,5H2,1-4H3. The molecule has 5 heteroatoms. The number of ether oxygens (including phenoxy) is 1. The molecule has 1 unspecified atom stereocenters. The molecule has 2 rings (SSSR count). The summed E-state index contributed by atoms with van der Waals surface area (Å²) in [5.41, 5.74) is 1.14. The Hall–Kier alpha value is -1.33. The van der Waals surface area contributed by atoms with Gasteiger partial charge in [-0.25, -0.2) is 0 Å². The predicted molar refractivity (Wildman–Crippen MR) is 88.9 cm³/mol. The summed E-state index contributed by atoms with van der Waals surface area (Å²) in [5, 5.41) is 7.72. The normalized spacial score (nSPS) is 12.7. The van der Waals surface area contributed by atoms with Gasteiger partial charge in [0.15, 0.2) is 5.75 Å². The van der Waals surface area contributed by atoms with E-state index in [1.165, 1.54) is 0 Å². The fourth-order valence-electron chi connectivity index (χ4n) is 2.15. The van der Waals surface area contributed by atoms with Gasteiger partial charge in [0, 0.05) is 22.1 Å². The number of nitrogens with one attached hydrogen (secondary N) is 1. The van der Waals surface area contributed by atoms with E-state index >= 15 is 0 Å². The molecule has 0 bridgehead atoms. The lowest BCUT2D eigenvalue weighted by Crippen LogP contribution is -2.18. The van der Waals surface area contributed by atoms with Crippen molar-refractivity contribution in [2.24, 2.45) is 0 Å². The van der Waals surface area contributed by atoms with E-state index in [1.54, 1.807) is 6.20 Å². The van der Waals surface area contributed by atoms with Gasteiger partial charge in [-0.3, -0.25) is 4.68 Å². The van der Waals surface area contributed by atoms with Crippen LogP contribution in [0.5, 0.6) is 11.5 Å². The summed E-state index contributed by atoms with van der Waals surface area (Å²) in [6.45, 7) is 9.34. The number of hydrogen-bond donors (Lipinski definition) is 1. The van der Waals surface area contributed by atoms with E-state index in [1.807, 2.05) is 23.0 Å². The summed E-state index contributed by atoms with van der Waals surface area (Å²) in [5.74, 6) is 1.60. The lowest BCUT2D eigenvalue weighted by Gasteiger charge is -2.17. The Balaban J connectivity index is 2.26. The number of halogens is 1. The van der Waals surface area contributed by atoms with Crippen molar-refractivity contribution >= 4 is 15.9 Å². The van der Waals surface area contributed by atoms with Gasteiger partial charge < -0.3 is 10.1 Å². The zero-order valence-corrected chi connectivity index (χ0v) is 14.5. The van der Waals surface area contributed by atoms with Gasteiger partial charge in [-0.15, -0.1) is 0 Å². The van der Waals surface area contributed by atoms with E-state index in [0.29, 0.717) is 6.04 Å². The number of rotatable bonds is 6. The van der Waals surface area contributed by atoms with Gasteiger partial charge in [0.25, 0.3) is 0 Å². The van der Waals surface area contributed by atoms with Crippen LogP contribution < -0.4 is 10.1 Å². The molecule has 1 atom stereocenters. The zero-order chi connectivity index (χ0) is 15.4. The zero-order valence-electron chi connectivity index (χ0n) is 12.9. The lowest BCUT2D eigenvalue weighted by atomic mass is 10.1. The second-order valence-electron chi connectivity index (χ2n) is 5.31. The van der Waals surface area contributed by atoms with Gasteiger partial charge in [0.2, 0.25) is 0 Å². The molecule has 1 aromatic heterocycles. The van der Waals surface area contributed by atoms with Crippen LogP contribution in [0, 0.1) is 0 Å². The number of benzene rings is 1. The van der Waals surface area contributed by atoms with Crippen molar-refractivity contribution in [3.63, 3.8) is 0 Å². The van der Waals surface area contributed by atoms with Crippen molar-refractivity contribution in [3.05, 3.63) is 40.6 Å². The number of nitrogens with zero attached hydrogens (tertiary/aromatic N) is 2. The quantitative estimate of drug-likeness (QED) is 0.820. The van der Waals surface area contributed by atoms with Crippen molar-refractivity contribution in [1.82, 2.24) is 15.1 Å². The van der Waals surface area contributed by atoms with Crippen LogP contribution in [0.15, 0.2) is 35.1 Å². The molecule has 0 saturated heterocycles. The summed E-state index contributed by atoms with van der Waals surface area (Å²) in [7, 11) is 0. The fraction of sp³-hybridized carbons (Fsp3) is 0.438. The first-order valence-electron chi connectivity index (χ1n) is 7.26. The van der Waals surface area contributed by atoms with Crippen molar-refractivity contribution in [2.75, 3.05) is 6.54 Å². The Morgan fingerprint density at radius 2 is 2.10 bits per heavy atom. The van der Waals surface area contributed by atoms with Gasteiger partial charge in [0.1, 0.15) is 5.75 Å². The topological polar surface area (TPSA) is 39.1 Å². The molecular weight excluding hydrogens is 330 g/mol. The highest BCUT2D eigenvalue weighted by molar-refractivity contribution is 9.10. The highest BCUT2D eigenvalue weighted by atomic mass is 79.9. The smallest absolute Gasteiger partial charge is 0.165 e. The minimum Gasteiger partial charge on any atom is -0.454 e. The molecule has 1 aromatic carbocycles. The van der Waals surface area contributed by atoms with Crippen LogP contribution in [0.1, 0.15) is 45.3 Å². The number of hydrogen-bond acceptors (Lipinski definition) is 3. The molecule has 0 radical (unpaired) electrons. The van der Waals surface area contributed by atoms with E-state index in [2.05, 4.69) is 60.1 Å². The van der Waals surface area contributed by atoms with Gasteiger partial charge in [-0.1, -0.05) is 28.9 Å². The Kier molecular flexibility index (Phi) is 5.42. The molecular formula is C16H22BrN3O. The average Bonchev–Trinajstić information content (AvgIpc) is 2.88. The second kappa shape index (κ2) is 7.09. The maximum atomic E-state index is 6.04. The first kappa shape index (κ1) is 16.0. The van der Waals surface area contributed by atoms with E-state index in [9.17, 15) is 0 Å². The third-order valence-corrected chi connectivity index (χ3v) is 3.78. The maximum absolute atomic E-state index is 6.04. The Labute approximate surface area is 134 Å². The van der Waals surface area contributed by atoms with Crippen molar-refractivity contribution in [1.29, 1.82) is 0 Å². The van der Waals surface area contributed by atoms with E-state index < -0.39 is 0 Å². The minimum atomic E-state index is 0.234. The van der Waals surface area contributed by atoms with E-state index in [0.717, 1.165) is 28.1 Å². The van der Waals surface area contributed by atoms with E-state index in [-0.39, 0.29) is 6.04 Å². The molecule has 1 N–H and O–H groups in total. The molecule has 0 aliphatic heterocycles. The largest absolute Gasteiger partial charge is 0.454 e. The summed E-state index contributed by atoms with van der Waals surface area (Å²) < 4.78 is 8.93. The second-order valence-corrected chi connectivity index (χ2v) is 6.23. The van der Waals surface area contributed by atoms with Crippen molar-refractivity contribution in [3.8, 4) is 11.5 Å². The summed E-state index contributed by atoms with van der Waals surface area (Å²) in [6, 6.07) is 6.67. The third kappa shape index (κ3) is 4.08. The molecule has 0 fully saturated rings. The molecule has 1 heterocycles. The van der Waals surface area contributed by atoms with Crippen LogP contribution in [-0.2, 0) is 0 Å². The molecule has 0 amide bonds. The molecule has 4 nitrogen and oxygen atoms in total. The van der Waals surface area contributed by atoms with Crippen LogP contribution >= 0.6 is 15.9 Å². The van der Waals surface area contributed by atoms with Crippen LogP contribution in [0.4, 0.5) is 0 Å². The van der Waals surface area contributed by atoms with E-state index in [4.69, 9.17) is 4.74 Å². The van der Waals surface area contributed by atoms with Gasteiger partial charge in [-0.2, -0.15) is 5.10 Å². The summed E-state index contributed by atoms with van der Waals surface area (Å²) in [4.78, 5) is 0. The molecule has 0 aliphatic rings. The Morgan fingerprint density at radius 1 is 1.33 bits per heavy atom. The predicted octanol–water partition coefficient (Wildman–Crippen LogP) is 4.69. The number of aromatic nitrogens is 2. The average molecular weight is 352 g/mol. The summed E-state index contributed by atoms with van der Waals surface area (Å²) >= 11 is 3.50. The molecule has 21 heavy (non-hydrogen) atoms. The maximum Gasteiger partial charge on any atom is 0.165 e. The van der Waals surface area contributed by atoms with Crippen LogP contribution in [0.2, 0.25) is 0 Å².